The van der Waals surface area contributed by atoms with Crippen LogP contribution in [0.5, 0.6) is 5.75 Å². The topological polar surface area (TPSA) is 73.5 Å². The van der Waals surface area contributed by atoms with Gasteiger partial charge in [0.05, 0.1) is 17.6 Å². The molecule has 0 saturated heterocycles. The zero-order chi connectivity index (χ0) is 23.3. The van der Waals surface area contributed by atoms with Gasteiger partial charge < -0.3 is 19.0 Å². The molecule has 7 nitrogen and oxygen atoms in total. The average Bonchev–Trinajstić information content (AvgIpc) is 3.53. The first-order chi connectivity index (χ1) is 16.7. The van der Waals surface area contributed by atoms with Gasteiger partial charge in [-0.15, -0.1) is 0 Å². The number of nitrogens with zero attached hydrogens (tertiary/aromatic N) is 4. The number of nitrogens with one attached hydrogen (secondary N) is 1. The first kappa shape index (κ1) is 21.5. The number of hydrogen-bond acceptors (Lipinski definition) is 4. The minimum Gasteiger partial charge on any atom is -0.486 e. The van der Waals surface area contributed by atoms with Gasteiger partial charge >= 0.3 is 0 Å². The van der Waals surface area contributed by atoms with Crippen molar-refractivity contribution in [3.8, 4) is 5.75 Å². The summed E-state index contributed by atoms with van der Waals surface area (Å²) in [6, 6.07) is 19.4. The molecule has 0 aliphatic rings. The average molecular weight is 452 g/mol. The maximum absolute atomic E-state index is 13.0. The molecule has 5 rings (SSSR count). The lowest BCUT2D eigenvalue weighted by Gasteiger charge is -2.13. The molecule has 0 fully saturated rings. The Hall–Kier alpha value is -4.39. The smallest absolute Gasteiger partial charge is 0.255 e. The van der Waals surface area contributed by atoms with E-state index in [2.05, 4.69) is 21.4 Å². The number of benzene rings is 2. The molecule has 3 heterocycles. The van der Waals surface area contributed by atoms with Crippen molar-refractivity contribution in [3.05, 3.63) is 120 Å². The molecule has 3 aromatic heterocycles. The van der Waals surface area contributed by atoms with Gasteiger partial charge in [0.2, 0.25) is 0 Å². The second kappa shape index (κ2) is 9.62. The number of aromatic nitrogens is 4. The molecule has 0 bridgehead atoms. The van der Waals surface area contributed by atoms with E-state index in [1.165, 1.54) is 0 Å². The van der Waals surface area contributed by atoms with Crippen molar-refractivity contribution in [2.45, 2.75) is 26.6 Å². The number of ether oxygens (including phenoxy) is 1. The Labute approximate surface area is 197 Å². The first-order valence-corrected chi connectivity index (χ1v) is 11.1. The normalized spacial score (nSPS) is 11.0. The molecular weight excluding hydrogens is 426 g/mol. The highest BCUT2D eigenvalue weighted by molar-refractivity contribution is 5.96. The monoisotopic (exact) mass is 451 g/mol. The third-order valence-electron chi connectivity index (χ3n) is 5.70. The molecule has 170 valence electrons. The first-order valence-electron chi connectivity index (χ1n) is 11.1. The number of carbonyl (C=O) groups excluding carboxylic acids is 1. The summed E-state index contributed by atoms with van der Waals surface area (Å²) in [5, 5.41) is 3.04. The van der Waals surface area contributed by atoms with Gasteiger partial charge in [0.25, 0.3) is 5.91 Å². The Morgan fingerprint density at radius 2 is 1.82 bits per heavy atom. The minimum absolute atomic E-state index is 0.182. The van der Waals surface area contributed by atoms with Gasteiger partial charge in [-0.1, -0.05) is 42.5 Å². The second-order valence-electron chi connectivity index (χ2n) is 8.13. The molecule has 2 aromatic carbocycles. The summed E-state index contributed by atoms with van der Waals surface area (Å²) in [5.41, 5.74) is 5.49. The van der Waals surface area contributed by atoms with Crippen LogP contribution in [0.1, 0.15) is 32.7 Å². The molecule has 7 heteroatoms. The third kappa shape index (κ3) is 4.68. The largest absolute Gasteiger partial charge is 0.486 e. The fourth-order valence-corrected chi connectivity index (χ4v) is 3.94. The van der Waals surface area contributed by atoms with E-state index in [0.29, 0.717) is 24.4 Å². The quantitative estimate of drug-likeness (QED) is 0.380. The van der Waals surface area contributed by atoms with Crippen LogP contribution in [-0.2, 0) is 19.7 Å². The SMILES string of the molecule is Cc1cccn2cc(COc3ccccc3C(=O)NCc3ccccc3Cn3ccnc3)nc12. The van der Waals surface area contributed by atoms with Crippen LogP contribution in [0.4, 0.5) is 0 Å². The van der Waals surface area contributed by atoms with E-state index in [9.17, 15) is 4.79 Å². The van der Waals surface area contributed by atoms with Crippen LogP contribution < -0.4 is 10.1 Å². The molecule has 0 radical (unpaired) electrons. The number of para-hydroxylation sites is 1. The molecule has 1 amide bonds. The van der Waals surface area contributed by atoms with Crippen LogP contribution in [0.3, 0.4) is 0 Å². The standard InChI is InChI=1S/C27H25N5O2/c1-20-7-6-13-32-17-23(30-26(20)32)18-34-25-11-5-4-10-24(25)27(33)29-15-21-8-2-3-9-22(21)16-31-14-12-28-19-31/h2-14,17,19H,15-16,18H2,1H3,(H,29,33). The Kier molecular flexibility index (Phi) is 6.07. The van der Waals surface area contributed by atoms with E-state index in [1.807, 2.05) is 83.0 Å². The van der Waals surface area contributed by atoms with E-state index in [-0.39, 0.29) is 12.5 Å². The van der Waals surface area contributed by atoms with Gasteiger partial charge in [-0.05, 0) is 41.8 Å². The number of imidazole rings is 2. The van der Waals surface area contributed by atoms with E-state index >= 15 is 0 Å². The molecule has 0 unspecified atom stereocenters. The molecule has 34 heavy (non-hydrogen) atoms. The van der Waals surface area contributed by atoms with Crippen molar-refractivity contribution < 1.29 is 9.53 Å². The molecule has 1 N–H and O–H groups in total. The van der Waals surface area contributed by atoms with Crippen LogP contribution >= 0.6 is 0 Å². The zero-order valence-electron chi connectivity index (χ0n) is 18.9. The number of rotatable bonds is 8. The summed E-state index contributed by atoms with van der Waals surface area (Å²) in [5.74, 6) is 0.347. The van der Waals surface area contributed by atoms with Crippen molar-refractivity contribution >= 4 is 11.6 Å². The van der Waals surface area contributed by atoms with Gasteiger partial charge in [-0.3, -0.25) is 4.79 Å². The molecule has 0 aliphatic carbocycles. The predicted octanol–water partition coefficient (Wildman–Crippen LogP) is 4.40. The van der Waals surface area contributed by atoms with Gasteiger partial charge in [-0.25, -0.2) is 9.97 Å². The Balaban J connectivity index is 1.27. The molecule has 0 atom stereocenters. The lowest BCUT2D eigenvalue weighted by molar-refractivity contribution is 0.0946. The number of pyridine rings is 1. The van der Waals surface area contributed by atoms with E-state index in [1.54, 1.807) is 18.6 Å². The fourth-order valence-electron chi connectivity index (χ4n) is 3.94. The highest BCUT2D eigenvalue weighted by atomic mass is 16.5. The van der Waals surface area contributed by atoms with Crippen LogP contribution in [0.25, 0.3) is 5.65 Å². The van der Waals surface area contributed by atoms with Crippen molar-refractivity contribution in [1.29, 1.82) is 0 Å². The van der Waals surface area contributed by atoms with E-state index < -0.39 is 0 Å². The van der Waals surface area contributed by atoms with Crippen molar-refractivity contribution in [2.75, 3.05) is 0 Å². The maximum atomic E-state index is 13.0. The number of aryl methyl sites for hydroxylation is 1. The summed E-state index contributed by atoms with van der Waals surface area (Å²) in [6.45, 7) is 3.42. The second-order valence-corrected chi connectivity index (χ2v) is 8.13. The number of amides is 1. The molecular formula is C27H25N5O2. The molecule has 0 saturated carbocycles. The summed E-state index contributed by atoms with van der Waals surface area (Å²) in [6.07, 6.45) is 9.38. The molecule has 5 aromatic rings. The van der Waals surface area contributed by atoms with Crippen LogP contribution in [-0.4, -0.2) is 24.8 Å². The lowest BCUT2D eigenvalue weighted by atomic mass is 10.1. The van der Waals surface area contributed by atoms with Gasteiger partial charge in [0.15, 0.2) is 0 Å². The summed E-state index contributed by atoms with van der Waals surface area (Å²) in [4.78, 5) is 21.8. The van der Waals surface area contributed by atoms with Crippen LogP contribution in [0, 0.1) is 6.92 Å². The number of hydrogen-bond donors (Lipinski definition) is 1. The van der Waals surface area contributed by atoms with Crippen LogP contribution in [0.15, 0.2) is 91.8 Å². The Morgan fingerprint density at radius 1 is 1.00 bits per heavy atom. The zero-order valence-corrected chi connectivity index (χ0v) is 18.9. The van der Waals surface area contributed by atoms with Crippen molar-refractivity contribution in [2.24, 2.45) is 0 Å². The summed E-state index contributed by atoms with van der Waals surface area (Å²) >= 11 is 0. The highest BCUT2D eigenvalue weighted by Crippen LogP contribution is 2.20. The Morgan fingerprint density at radius 3 is 2.65 bits per heavy atom. The Bertz CT molecular complexity index is 1420. The fraction of sp³-hybridized carbons (Fsp3) is 0.148. The van der Waals surface area contributed by atoms with Crippen LogP contribution in [0.2, 0.25) is 0 Å². The highest BCUT2D eigenvalue weighted by Gasteiger charge is 2.14. The van der Waals surface area contributed by atoms with E-state index in [4.69, 9.17) is 4.74 Å². The van der Waals surface area contributed by atoms with Crippen molar-refractivity contribution in [1.82, 2.24) is 24.3 Å². The minimum atomic E-state index is -0.182. The van der Waals surface area contributed by atoms with Gasteiger partial charge in [0.1, 0.15) is 18.0 Å². The predicted molar refractivity (Wildman–Crippen MR) is 130 cm³/mol. The van der Waals surface area contributed by atoms with Crippen molar-refractivity contribution in [3.63, 3.8) is 0 Å². The number of fused-ring (bicyclic) bond motifs is 1. The lowest BCUT2D eigenvalue weighted by Crippen LogP contribution is -2.24. The van der Waals surface area contributed by atoms with E-state index in [0.717, 1.165) is 28.0 Å². The van der Waals surface area contributed by atoms with Gasteiger partial charge in [-0.2, -0.15) is 0 Å². The molecule has 0 aliphatic heterocycles. The number of carbonyl (C=O) groups is 1. The third-order valence-corrected chi connectivity index (χ3v) is 5.70. The maximum Gasteiger partial charge on any atom is 0.255 e. The molecule has 0 spiro atoms. The summed E-state index contributed by atoms with van der Waals surface area (Å²) in [7, 11) is 0. The summed E-state index contributed by atoms with van der Waals surface area (Å²) < 4.78 is 10.00. The van der Waals surface area contributed by atoms with Gasteiger partial charge in [0, 0.05) is 37.9 Å².